The second kappa shape index (κ2) is 6.97. The van der Waals surface area contributed by atoms with Gasteiger partial charge in [-0.05, 0) is 50.2 Å². The highest BCUT2D eigenvalue weighted by molar-refractivity contribution is 6.31. The molecule has 3 N–H and O–H groups in total. The van der Waals surface area contributed by atoms with Gasteiger partial charge in [-0.25, -0.2) is 9.97 Å². The average molecular weight is 371 g/mol. The molecule has 0 aliphatic carbocycles. The maximum atomic E-state index is 12.3. The fourth-order valence-electron chi connectivity index (χ4n) is 2.32. The minimum Gasteiger partial charge on any atom is -0.507 e. The molecule has 0 atom stereocenters. The summed E-state index contributed by atoms with van der Waals surface area (Å²) < 4.78 is 0. The number of carbonyl (C=O) groups excluding carboxylic acids is 2. The number of halogens is 1. The third-order valence-corrected chi connectivity index (χ3v) is 4.07. The van der Waals surface area contributed by atoms with Crippen LogP contribution in [0.25, 0.3) is 11.0 Å². The summed E-state index contributed by atoms with van der Waals surface area (Å²) in [5, 5.41) is 10.00. The molecule has 3 aromatic rings. The first-order chi connectivity index (χ1) is 12.3. The zero-order chi connectivity index (χ0) is 18.8. The van der Waals surface area contributed by atoms with Crippen LogP contribution >= 0.6 is 11.6 Å². The van der Waals surface area contributed by atoms with Crippen LogP contribution in [0.5, 0.6) is 5.75 Å². The van der Waals surface area contributed by atoms with Crippen molar-refractivity contribution in [3.05, 3.63) is 63.9 Å². The van der Waals surface area contributed by atoms with Gasteiger partial charge in [-0.15, -0.1) is 0 Å². The van der Waals surface area contributed by atoms with Crippen LogP contribution in [-0.4, -0.2) is 26.9 Å². The number of benzene rings is 2. The molecule has 0 spiro atoms. The maximum Gasteiger partial charge on any atom is 0.273 e. The molecule has 0 saturated heterocycles. The fourth-order valence-corrected chi connectivity index (χ4v) is 2.49. The molecule has 7 nitrogen and oxygen atoms in total. The van der Waals surface area contributed by atoms with Gasteiger partial charge in [0.25, 0.3) is 11.8 Å². The van der Waals surface area contributed by atoms with E-state index in [1.807, 2.05) is 13.8 Å². The summed E-state index contributed by atoms with van der Waals surface area (Å²) in [6.07, 6.45) is 0. The Labute approximate surface area is 154 Å². The van der Waals surface area contributed by atoms with Crippen LogP contribution in [0, 0.1) is 13.8 Å². The molecular weight excluding hydrogens is 356 g/mol. The highest BCUT2D eigenvalue weighted by Gasteiger charge is 2.14. The quantitative estimate of drug-likeness (QED) is 0.601. The van der Waals surface area contributed by atoms with Crippen LogP contribution < -0.4 is 10.9 Å². The van der Waals surface area contributed by atoms with Crippen molar-refractivity contribution in [3.8, 4) is 5.75 Å². The number of fused-ring (bicyclic) bond motifs is 1. The number of aromatic hydroxyl groups is 1. The summed E-state index contributed by atoms with van der Waals surface area (Å²) in [4.78, 5) is 33.2. The molecule has 0 saturated carbocycles. The number of rotatable bonds is 2. The lowest BCUT2D eigenvalue weighted by Crippen LogP contribution is -2.41. The molecule has 0 aliphatic rings. The van der Waals surface area contributed by atoms with E-state index in [0.717, 1.165) is 11.4 Å². The van der Waals surface area contributed by atoms with Crippen LogP contribution in [0.15, 0.2) is 36.4 Å². The summed E-state index contributed by atoms with van der Waals surface area (Å²) in [6, 6.07) is 8.91. The number of aryl methyl sites for hydroxylation is 2. The Kier molecular flexibility index (Phi) is 4.73. The van der Waals surface area contributed by atoms with Gasteiger partial charge in [0.1, 0.15) is 5.75 Å². The average Bonchev–Trinajstić information content (AvgIpc) is 2.62. The Morgan fingerprint density at radius 3 is 2.31 bits per heavy atom. The first kappa shape index (κ1) is 17.6. The van der Waals surface area contributed by atoms with E-state index in [1.54, 1.807) is 18.2 Å². The second-order valence-electron chi connectivity index (χ2n) is 5.67. The lowest BCUT2D eigenvalue weighted by molar-refractivity contribution is 0.0845. The van der Waals surface area contributed by atoms with E-state index in [0.29, 0.717) is 16.6 Å². The topological polar surface area (TPSA) is 104 Å². The number of aromatic nitrogens is 2. The SMILES string of the molecule is Cc1nc2ccc(C(=O)NNC(=O)c3cc(Cl)ccc3O)cc2nc1C. The number of hydrogen-bond donors (Lipinski definition) is 3. The van der Waals surface area contributed by atoms with Crippen LogP contribution in [0.1, 0.15) is 32.1 Å². The molecule has 0 radical (unpaired) electrons. The summed E-state index contributed by atoms with van der Waals surface area (Å²) in [5.74, 6) is -1.46. The molecule has 2 aromatic carbocycles. The van der Waals surface area contributed by atoms with E-state index in [4.69, 9.17) is 11.6 Å². The summed E-state index contributed by atoms with van der Waals surface area (Å²) in [6.45, 7) is 3.70. The van der Waals surface area contributed by atoms with E-state index in [1.165, 1.54) is 18.2 Å². The van der Waals surface area contributed by atoms with Crippen molar-refractivity contribution in [1.29, 1.82) is 0 Å². The van der Waals surface area contributed by atoms with Crippen LogP contribution in [0.4, 0.5) is 0 Å². The normalized spacial score (nSPS) is 10.6. The molecule has 2 amide bonds. The van der Waals surface area contributed by atoms with E-state index in [-0.39, 0.29) is 16.3 Å². The van der Waals surface area contributed by atoms with Crippen molar-refractivity contribution < 1.29 is 14.7 Å². The Bertz CT molecular complexity index is 1040. The second-order valence-corrected chi connectivity index (χ2v) is 6.10. The monoisotopic (exact) mass is 370 g/mol. The van der Waals surface area contributed by atoms with Gasteiger partial charge in [0.05, 0.1) is 28.0 Å². The molecule has 0 fully saturated rings. The minimum atomic E-state index is -0.689. The lowest BCUT2D eigenvalue weighted by atomic mass is 10.1. The van der Waals surface area contributed by atoms with Crippen molar-refractivity contribution in [3.63, 3.8) is 0 Å². The third-order valence-electron chi connectivity index (χ3n) is 3.83. The first-order valence-corrected chi connectivity index (χ1v) is 8.07. The molecule has 0 aliphatic heterocycles. The Hall–Kier alpha value is -3.19. The number of hydrogen-bond acceptors (Lipinski definition) is 5. The van der Waals surface area contributed by atoms with Crippen molar-refractivity contribution >= 4 is 34.4 Å². The third kappa shape index (κ3) is 3.57. The molecule has 0 unspecified atom stereocenters. The number of nitrogens with zero attached hydrogens (tertiary/aromatic N) is 2. The molecular formula is C18H15ClN4O3. The maximum absolute atomic E-state index is 12.3. The smallest absolute Gasteiger partial charge is 0.273 e. The summed E-state index contributed by atoms with van der Waals surface area (Å²) in [7, 11) is 0. The molecule has 3 rings (SSSR count). The zero-order valence-corrected chi connectivity index (χ0v) is 14.8. The van der Waals surface area contributed by atoms with Crippen LogP contribution in [0.3, 0.4) is 0 Å². The first-order valence-electron chi connectivity index (χ1n) is 7.69. The van der Waals surface area contributed by atoms with Gasteiger partial charge in [-0.1, -0.05) is 11.6 Å². The molecule has 1 aromatic heterocycles. The number of phenolic OH excluding ortho intramolecular Hbond substituents is 1. The largest absolute Gasteiger partial charge is 0.507 e. The number of hydrazine groups is 1. The number of phenols is 1. The van der Waals surface area contributed by atoms with Gasteiger partial charge in [0, 0.05) is 10.6 Å². The molecule has 8 heteroatoms. The van der Waals surface area contributed by atoms with Crippen molar-refractivity contribution in [1.82, 2.24) is 20.8 Å². The Morgan fingerprint density at radius 2 is 1.58 bits per heavy atom. The van der Waals surface area contributed by atoms with Gasteiger partial charge in [-0.2, -0.15) is 0 Å². The molecule has 26 heavy (non-hydrogen) atoms. The minimum absolute atomic E-state index is 0.0479. The zero-order valence-electron chi connectivity index (χ0n) is 14.0. The highest BCUT2D eigenvalue weighted by atomic mass is 35.5. The van der Waals surface area contributed by atoms with E-state index in [9.17, 15) is 14.7 Å². The Balaban J connectivity index is 1.75. The van der Waals surface area contributed by atoms with E-state index >= 15 is 0 Å². The number of carbonyl (C=O) groups is 2. The van der Waals surface area contributed by atoms with Crippen molar-refractivity contribution in [2.45, 2.75) is 13.8 Å². The predicted octanol–water partition coefficient (Wildman–Crippen LogP) is 2.68. The van der Waals surface area contributed by atoms with E-state index in [2.05, 4.69) is 20.8 Å². The van der Waals surface area contributed by atoms with Gasteiger partial charge in [0.2, 0.25) is 0 Å². The van der Waals surface area contributed by atoms with Gasteiger partial charge in [-0.3, -0.25) is 20.4 Å². The van der Waals surface area contributed by atoms with Crippen molar-refractivity contribution in [2.75, 3.05) is 0 Å². The molecule has 132 valence electrons. The van der Waals surface area contributed by atoms with Gasteiger partial charge >= 0.3 is 0 Å². The number of nitrogens with one attached hydrogen (secondary N) is 2. The molecule has 0 bridgehead atoms. The van der Waals surface area contributed by atoms with E-state index < -0.39 is 11.8 Å². The summed E-state index contributed by atoms with van der Waals surface area (Å²) in [5.41, 5.74) is 7.66. The van der Waals surface area contributed by atoms with Gasteiger partial charge in [0.15, 0.2) is 0 Å². The Morgan fingerprint density at radius 1 is 0.923 bits per heavy atom. The van der Waals surface area contributed by atoms with Gasteiger partial charge < -0.3 is 5.11 Å². The predicted molar refractivity (Wildman–Crippen MR) is 97.1 cm³/mol. The van der Waals surface area contributed by atoms with Crippen LogP contribution in [-0.2, 0) is 0 Å². The fraction of sp³-hybridized carbons (Fsp3) is 0.111. The standard InChI is InChI=1S/C18H15ClN4O3/c1-9-10(2)21-15-7-11(3-5-14(15)20-9)17(25)22-23-18(26)13-8-12(19)4-6-16(13)24/h3-8,24H,1-2H3,(H,22,25)(H,23,26). The molecule has 1 heterocycles. The lowest BCUT2D eigenvalue weighted by Gasteiger charge is -2.09. The highest BCUT2D eigenvalue weighted by Crippen LogP contribution is 2.21. The van der Waals surface area contributed by atoms with Crippen molar-refractivity contribution in [2.24, 2.45) is 0 Å². The number of amides is 2. The van der Waals surface area contributed by atoms with Crippen LogP contribution in [0.2, 0.25) is 5.02 Å². The summed E-state index contributed by atoms with van der Waals surface area (Å²) >= 11 is 5.81.